The van der Waals surface area contributed by atoms with Gasteiger partial charge in [0, 0.05) is 5.56 Å². The molecular weight excluding hydrogens is 179 g/mol. The minimum atomic E-state index is -0.368. The van der Waals surface area contributed by atoms with Crippen LogP contribution in [0, 0.1) is 11.2 Å². The smallest absolute Gasteiger partial charge is 0.142 e. The normalized spacial score (nSPS) is 12.3. The Morgan fingerprint density at radius 3 is 2.64 bits per heavy atom. The number of aromatic nitrogens is 1. The minimum Gasteiger partial charge on any atom is -0.383 e. The molecule has 0 saturated heterocycles. The topological polar surface area (TPSA) is 38.9 Å². The molecule has 76 valence electrons. The highest BCUT2D eigenvalue weighted by atomic mass is 19.1. The summed E-state index contributed by atoms with van der Waals surface area (Å²) < 4.78 is 12.8. The van der Waals surface area contributed by atoms with Gasteiger partial charge in [-0.05, 0) is 11.5 Å². The highest BCUT2D eigenvalue weighted by Crippen LogP contribution is 2.19. The summed E-state index contributed by atoms with van der Waals surface area (Å²) in [5.41, 5.74) is 6.27. The third kappa shape index (κ3) is 3.17. The fourth-order valence-corrected chi connectivity index (χ4v) is 0.939. The zero-order valence-corrected chi connectivity index (χ0v) is 8.71. The molecule has 0 atom stereocenters. The van der Waals surface area contributed by atoms with Gasteiger partial charge in [-0.15, -0.1) is 0 Å². The highest BCUT2D eigenvalue weighted by molar-refractivity contribution is 5.61. The van der Waals surface area contributed by atoms with Crippen LogP contribution < -0.4 is 5.73 Å². The summed E-state index contributed by atoms with van der Waals surface area (Å²) in [5.74, 6) is -0.0142. The fraction of sp³-hybridized carbons (Fsp3) is 0.364. The van der Waals surface area contributed by atoms with Gasteiger partial charge in [0.25, 0.3) is 0 Å². The Balaban J connectivity index is 2.97. The summed E-state index contributed by atoms with van der Waals surface area (Å²) >= 11 is 0. The Kier molecular flexibility index (Phi) is 2.89. The van der Waals surface area contributed by atoms with Crippen LogP contribution in [0.1, 0.15) is 26.3 Å². The van der Waals surface area contributed by atoms with E-state index in [1.165, 1.54) is 6.07 Å². The zero-order chi connectivity index (χ0) is 10.8. The molecule has 2 nitrogen and oxygen atoms in total. The Morgan fingerprint density at radius 1 is 1.43 bits per heavy atom. The number of allylic oxidation sites excluding steroid dienone is 1. The molecule has 0 spiro atoms. The Hall–Kier alpha value is -1.38. The first-order valence-corrected chi connectivity index (χ1v) is 4.49. The van der Waals surface area contributed by atoms with E-state index in [9.17, 15) is 4.39 Å². The molecule has 14 heavy (non-hydrogen) atoms. The Morgan fingerprint density at radius 2 is 2.07 bits per heavy atom. The van der Waals surface area contributed by atoms with Gasteiger partial charge in [-0.1, -0.05) is 32.9 Å². The van der Waals surface area contributed by atoms with Crippen molar-refractivity contribution in [3.63, 3.8) is 0 Å². The number of nitrogen functional groups attached to an aromatic ring is 1. The van der Waals surface area contributed by atoms with Crippen LogP contribution in [0.2, 0.25) is 0 Å². The molecule has 2 N–H and O–H groups in total. The van der Waals surface area contributed by atoms with E-state index in [1.807, 2.05) is 6.08 Å². The lowest BCUT2D eigenvalue weighted by molar-refractivity contribution is 0.547. The molecular formula is C11H15FN2. The van der Waals surface area contributed by atoms with Crippen molar-refractivity contribution in [1.82, 2.24) is 4.98 Å². The molecule has 3 heteroatoms. The third-order valence-electron chi connectivity index (χ3n) is 1.68. The number of nitrogens with zero attached hydrogens (tertiary/aromatic N) is 1. The average molecular weight is 194 g/mol. The Labute approximate surface area is 83.7 Å². The monoisotopic (exact) mass is 194 g/mol. The van der Waals surface area contributed by atoms with Crippen LogP contribution in [0.3, 0.4) is 0 Å². The summed E-state index contributed by atoms with van der Waals surface area (Å²) in [4.78, 5) is 3.73. The van der Waals surface area contributed by atoms with Gasteiger partial charge in [0.05, 0.1) is 6.20 Å². The predicted octanol–water partition coefficient (Wildman–Crippen LogP) is 2.86. The van der Waals surface area contributed by atoms with Gasteiger partial charge in [0.1, 0.15) is 11.6 Å². The van der Waals surface area contributed by atoms with Crippen LogP contribution in [-0.2, 0) is 0 Å². The van der Waals surface area contributed by atoms with E-state index in [0.29, 0.717) is 11.4 Å². The van der Waals surface area contributed by atoms with E-state index < -0.39 is 0 Å². The maximum atomic E-state index is 12.8. The van der Waals surface area contributed by atoms with Crippen LogP contribution in [0.5, 0.6) is 0 Å². The van der Waals surface area contributed by atoms with Crippen molar-refractivity contribution < 1.29 is 4.39 Å². The highest BCUT2D eigenvalue weighted by Gasteiger charge is 2.05. The van der Waals surface area contributed by atoms with Crippen molar-refractivity contribution in [2.24, 2.45) is 5.41 Å². The first-order valence-electron chi connectivity index (χ1n) is 4.49. The number of nitrogens with two attached hydrogens (primary N) is 1. The van der Waals surface area contributed by atoms with E-state index in [-0.39, 0.29) is 11.2 Å². The molecule has 0 aromatic carbocycles. The molecule has 0 aliphatic carbocycles. The van der Waals surface area contributed by atoms with Crippen molar-refractivity contribution in [2.75, 3.05) is 5.73 Å². The maximum absolute atomic E-state index is 12.8. The molecule has 0 amide bonds. The van der Waals surface area contributed by atoms with E-state index in [1.54, 1.807) is 6.08 Å². The zero-order valence-electron chi connectivity index (χ0n) is 8.71. The summed E-state index contributed by atoms with van der Waals surface area (Å²) in [6.07, 6.45) is 4.88. The van der Waals surface area contributed by atoms with Crippen LogP contribution in [-0.4, -0.2) is 4.98 Å². The van der Waals surface area contributed by atoms with E-state index in [4.69, 9.17) is 5.73 Å². The van der Waals surface area contributed by atoms with Gasteiger partial charge in [-0.25, -0.2) is 9.37 Å². The summed E-state index contributed by atoms with van der Waals surface area (Å²) in [6, 6.07) is 1.38. The number of hydrogen-bond donors (Lipinski definition) is 1. The molecule has 0 aliphatic heterocycles. The summed E-state index contributed by atoms with van der Waals surface area (Å²) in [7, 11) is 0. The number of anilines is 1. The number of hydrogen-bond acceptors (Lipinski definition) is 2. The second-order valence-electron chi connectivity index (χ2n) is 4.33. The summed E-state index contributed by atoms with van der Waals surface area (Å²) in [6.45, 7) is 6.19. The van der Waals surface area contributed by atoms with Crippen molar-refractivity contribution >= 4 is 11.9 Å². The lowest BCUT2D eigenvalue weighted by Crippen LogP contribution is -1.99. The number of halogens is 1. The van der Waals surface area contributed by atoms with Gasteiger partial charge in [-0.3, -0.25) is 0 Å². The van der Waals surface area contributed by atoms with Gasteiger partial charge in [-0.2, -0.15) is 0 Å². The molecule has 1 heterocycles. The van der Waals surface area contributed by atoms with Crippen LogP contribution in [0.4, 0.5) is 10.2 Å². The summed E-state index contributed by atoms with van der Waals surface area (Å²) in [5, 5.41) is 0. The first-order chi connectivity index (χ1) is 6.38. The van der Waals surface area contributed by atoms with E-state index in [2.05, 4.69) is 25.8 Å². The molecule has 0 fully saturated rings. The van der Waals surface area contributed by atoms with Gasteiger partial charge in [0.2, 0.25) is 0 Å². The van der Waals surface area contributed by atoms with Crippen LogP contribution in [0.15, 0.2) is 18.3 Å². The van der Waals surface area contributed by atoms with Crippen molar-refractivity contribution in [1.29, 1.82) is 0 Å². The fourth-order valence-electron chi connectivity index (χ4n) is 0.939. The average Bonchev–Trinajstić information content (AvgIpc) is 2.05. The minimum absolute atomic E-state index is 0.0543. The molecule has 0 bridgehead atoms. The first kappa shape index (κ1) is 10.7. The van der Waals surface area contributed by atoms with E-state index >= 15 is 0 Å². The molecule has 1 rings (SSSR count). The van der Waals surface area contributed by atoms with Crippen LogP contribution in [0.25, 0.3) is 6.08 Å². The van der Waals surface area contributed by atoms with Gasteiger partial charge in [0.15, 0.2) is 0 Å². The number of rotatable bonds is 1. The second-order valence-corrected chi connectivity index (χ2v) is 4.33. The van der Waals surface area contributed by atoms with Gasteiger partial charge < -0.3 is 5.73 Å². The van der Waals surface area contributed by atoms with Crippen LogP contribution >= 0.6 is 0 Å². The standard InChI is InChI=1S/C11H15FN2/c1-11(2,3)5-4-8-6-9(12)7-14-10(8)13/h4-7H,1-3H3,(H2,13,14)/b5-4+. The molecule has 0 aliphatic rings. The van der Waals surface area contributed by atoms with Gasteiger partial charge >= 0.3 is 0 Å². The lowest BCUT2D eigenvalue weighted by atomic mass is 9.95. The maximum Gasteiger partial charge on any atom is 0.142 e. The SMILES string of the molecule is CC(C)(C)/C=C/c1cc(F)cnc1N. The molecule has 0 saturated carbocycles. The molecule has 1 aromatic heterocycles. The van der Waals surface area contributed by atoms with Crippen molar-refractivity contribution in [3.8, 4) is 0 Å². The second kappa shape index (κ2) is 3.78. The molecule has 0 unspecified atom stereocenters. The van der Waals surface area contributed by atoms with E-state index in [0.717, 1.165) is 6.20 Å². The van der Waals surface area contributed by atoms with Crippen molar-refractivity contribution in [2.45, 2.75) is 20.8 Å². The quantitative estimate of drug-likeness (QED) is 0.746. The molecule has 1 aromatic rings. The third-order valence-corrected chi connectivity index (χ3v) is 1.68. The Bertz CT molecular complexity index is 351. The molecule has 0 radical (unpaired) electrons. The number of pyridine rings is 1. The predicted molar refractivity (Wildman–Crippen MR) is 57.1 cm³/mol. The lowest BCUT2D eigenvalue weighted by Gasteiger charge is -2.11. The largest absolute Gasteiger partial charge is 0.383 e. The van der Waals surface area contributed by atoms with Crippen molar-refractivity contribution in [3.05, 3.63) is 29.7 Å².